The normalized spacial score (nSPS) is 12.0. The predicted octanol–water partition coefficient (Wildman–Crippen LogP) is 4.40. The van der Waals surface area contributed by atoms with Crippen LogP contribution in [0.15, 0.2) is 59.2 Å². The van der Waals surface area contributed by atoms with E-state index in [4.69, 9.17) is 0 Å². The molecular weight excluding hydrogens is 385 g/mol. The first-order chi connectivity index (χ1) is 12.0. The lowest BCUT2D eigenvalue weighted by Gasteiger charge is -2.12. The Kier molecular flexibility index (Phi) is 5.28. The van der Waals surface area contributed by atoms with Crippen molar-refractivity contribution in [2.24, 2.45) is 0 Å². The van der Waals surface area contributed by atoms with Crippen LogP contribution in [0.4, 0.5) is 4.39 Å². The fourth-order valence-corrected chi connectivity index (χ4v) is 2.94. The molecule has 2 N–H and O–H groups in total. The van der Waals surface area contributed by atoms with Gasteiger partial charge in [0.05, 0.1) is 28.8 Å². The Morgan fingerprint density at radius 1 is 1.28 bits per heavy atom. The number of amides is 1. The van der Waals surface area contributed by atoms with E-state index in [1.54, 1.807) is 18.3 Å². The molecule has 1 unspecified atom stereocenters. The summed E-state index contributed by atoms with van der Waals surface area (Å²) in [5.74, 6) is 0.192. The second-order valence-corrected chi connectivity index (χ2v) is 6.62. The number of aromatic amines is 1. The summed E-state index contributed by atoms with van der Waals surface area (Å²) in [7, 11) is 0. The predicted molar refractivity (Wildman–Crippen MR) is 98.4 cm³/mol. The maximum atomic E-state index is 13.3. The highest BCUT2D eigenvalue weighted by Crippen LogP contribution is 2.19. The number of nitrogens with one attached hydrogen (secondary N) is 2. The second-order valence-electron chi connectivity index (χ2n) is 5.76. The van der Waals surface area contributed by atoms with E-state index in [2.05, 4.69) is 31.2 Å². The van der Waals surface area contributed by atoms with Crippen LogP contribution in [0.2, 0.25) is 0 Å². The van der Waals surface area contributed by atoms with Crippen LogP contribution >= 0.6 is 15.9 Å². The van der Waals surface area contributed by atoms with Gasteiger partial charge in [-0.3, -0.25) is 4.79 Å². The van der Waals surface area contributed by atoms with Gasteiger partial charge < -0.3 is 10.3 Å². The maximum Gasteiger partial charge on any atom is 0.224 e. The van der Waals surface area contributed by atoms with E-state index < -0.39 is 0 Å². The number of carbonyl (C=O) groups excluding carboxylic acids is 1. The first kappa shape index (κ1) is 17.4. The molecule has 25 heavy (non-hydrogen) atoms. The minimum atomic E-state index is -0.346. The van der Waals surface area contributed by atoms with E-state index in [0.717, 1.165) is 16.8 Å². The molecule has 3 rings (SSSR count). The Hall–Kier alpha value is -2.47. The molecule has 0 aliphatic rings. The molecule has 128 valence electrons. The van der Waals surface area contributed by atoms with Crippen molar-refractivity contribution in [3.63, 3.8) is 0 Å². The average molecular weight is 402 g/mol. The zero-order chi connectivity index (χ0) is 17.8. The summed E-state index contributed by atoms with van der Waals surface area (Å²) < 4.78 is 13.6. The van der Waals surface area contributed by atoms with Gasteiger partial charge >= 0.3 is 0 Å². The molecule has 4 nitrogen and oxygen atoms in total. The highest BCUT2D eigenvalue weighted by molar-refractivity contribution is 9.10. The molecule has 0 aliphatic heterocycles. The Morgan fingerprint density at radius 3 is 2.76 bits per heavy atom. The second kappa shape index (κ2) is 7.61. The standard InChI is InChI=1S/C19H17BrFN3O/c1-12(19-22-11-17(24-19)14-5-3-2-4-6-14)23-18(25)10-13-7-8-16(21)15(20)9-13/h2-9,11-12H,10H2,1H3,(H,22,24)(H,23,25). The Morgan fingerprint density at radius 2 is 2.04 bits per heavy atom. The summed E-state index contributed by atoms with van der Waals surface area (Å²) in [5, 5.41) is 2.90. The highest BCUT2D eigenvalue weighted by Gasteiger charge is 2.14. The average Bonchev–Trinajstić information content (AvgIpc) is 3.09. The van der Waals surface area contributed by atoms with Gasteiger partial charge in [0.15, 0.2) is 0 Å². The molecule has 1 aromatic heterocycles. The molecule has 0 radical (unpaired) electrons. The number of H-pyrrole nitrogens is 1. The van der Waals surface area contributed by atoms with Gasteiger partial charge in [0.1, 0.15) is 11.6 Å². The molecule has 6 heteroatoms. The summed E-state index contributed by atoms with van der Waals surface area (Å²) in [6, 6.07) is 14.2. The SMILES string of the molecule is CC(NC(=O)Cc1ccc(F)c(Br)c1)c1ncc(-c2ccccc2)[nH]1. The van der Waals surface area contributed by atoms with Gasteiger partial charge in [-0.1, -0.05) is 36.4 Å². The molecule has 1 atom stereocenters. The van der Waals surface area contributed by atoms with Crippen LogP contribution < -0.4 is 5.32 Å². The van der Waals surface area contributed by atoms with Gasteiger partial charge in [-0.05, 0) is 46.1 Å². The van der Waals surface area contributed by atoms with Gasteiger partial charge in [0.25, 0.3) is 0 Å². The van der Waals surface area contributed by atoms with Gasteiger partial charge in [-0.2, -0.15) is 0 Å². The van der Waals surface area contributed by atoms with E-state index in [1.807, 2.05) is 37.3 Å². The number of hydrogen-bond donors (Lipinski definition) is 2. The quantitative estimate of drug-likeness (QED) is 0.665. The molecule has 0 spiro atoms. The lowest BCUT2D eigenvalue weighted by atomic mass is 10.1. The number of halogens is 2. The van der Waals surface area contributed by atoms with Crippen LogP contribution in [0.25, 0.3) is 11.3 Å². The Balaban J connectivity index is 1.63. The molecule has 1 amide bonds. The van der Waals surface area contributed by atoms with Gasteiger partial charge in [-0.25, -0.2) is 9.37 Å². The summed E-state index contributed by atoms with van der Waals surface area (Å²) in [6.45, 7) is 1.87. The summed E-state index contributed by atoms with van der Waals surface area (Å²) in [4.78, 5) is 19.8. The molecule has 0 saturated heterocycles. The van der Waals surface area contributed by atoms with E-state index >= 15 is 0 Å². The van der Waals surface area contributed by atoms with Crippen molar-refractivity contribution >= 4 is 21.8 Å². The molecule has 0 fully saturated rings. The van der Waals surface area contributed by atoms with Crippen LogP contribution in [0.5, 0.6) is 0 Å². The summed E-state index contributed by atoms with van der Waals surface area (Å²) in [5.41, 5.74) is 2.68. The summed E-state index contributed by atoms with van der Waals surface area (Å²) >= 11 is 3.13. The highest BCUT2D eigenvalue weighted by atomic mass is 79.9. The number of rotatable bonds is 5. The van der Waals surface area contributed by atoms with Crippen LogP contribution in [0.1, 0.15) is 24.4 Å². The fraction of sp³-hybridized carbons (Fsp3) is 0.158. The van der Waals surface area contributed by atoms with Crippen molar-refractivity contribution in [2.45, 2.75) is 19.4 Å². The van der Waals surface area contributed by atoms with Gasteiger partial charge in [0.2, 0.25) is 5.91 Å². The molecule has 0 aliphatic carbocycles. The van der Waals surface area contributed by atoms with E-state index in [9.17, 15) is 9.18 Å². The molecule has 0 bridgehead atoms. The molecular formula is C19H17BrFN3O. The third kappa shape index (κ3) is 4.33. The lowest BCUT2D eigenvalue weighted by Crippen LogP contribution is -2.28. The zero-order valence-corrected chi connectivity index (χ0v) is 15.2. The third-order valence-corrected chi connectivity index (χ3v) is 4.42. The van der Waals surface area contributed by atoms with Gasteiger partial charge in [-0.15, -0.1) is 0 Å². The molecule has 3 aromatic rings. The fourth-order valence-electron chi connectivity index (χ4n) is 2.52. The topological polar surface area (TPSA) is 57.8 Å². The smallest absolute Gasteiger partial charge is 0.224 e. The molecule has 2 aromatic carbocycles. The van der Waals surface area contributed by atoms with E-state index in [-0.39, 0.29) is 24.2 Å². The van der Waals surface area contributed by atoms with Crippen molar-refractivity contribution in [2.75, 3.05) is 0 Å². The zero-order valence-electron chi connectivity index (χ0n) is 13.6. The maximum absolute atomic E-state index is 13.3. The van der Waals surface area contributed by atoms with Crippen molar-refractivity contribution < 1.29 is 9.18 Å². The lowest BCUT2D eigenvalue weighted by molar-refractivity contribution is -0.121. The number of hydrogen-bond acceptors (Lipinski definition) is 2. The summed E-state index contributed by atoms with van der Waals surface area (Å²) in [6.07, 6.45) is 1.93. The first-order valence-electron chi connectivity index (χ1n) is 7.86. The largest absolute Gasteiger partial charge is 0.346 e. The first-order valence-corrected chi connectivity index (χ1v) is 8.66. The van der Waals surface area contributed by atoms with E-state index in [0.29, 0.717) is 10.3 Å². The van der Waals surface area contributed by atoms with Crippen LogP contribution in [0.3, 0.4) is 0 Å². The van der Waals surface area contributed by atoms with E-state index in [1.165, 1.54) is 6.07 Å². The minimum absolute atomic E-state index is 0.149. The van der Waals surface area contributed by atoms with Crippen LogP contribution in [0, 0.1) is 5.82 Å². The van der Waals surface area contributed by atoms with Gasteiger partial charge in [0, 0.05) is 0 Å². The van der Waals surface area contributed by atoms with Crippen molar-refractivity contribution in [3.05, 3.63) is 76.4 Å². The van der Waals surface area contributed by atoms with Crippen LogP contribution in [-0.4, -0.2) is 15.9 Å². The number of benzene rings is 2. The Bertz CT molecular complexity index is 879. The van der Waals surface area contributed by atoms with Crippen molar-refractivity contribution in [1.29, 1.82) is 0 Å². The Labute approximate surface area is 153 Å². The third-order valence-electron chi connectivity index (χ3n) is 3.82. The number of nitrogens with zero attached hydrogens (tertiary/aromatic N) is 1. The number of aromatic nitrogens is 2. The molecule has 1 heterocycles. The number of imidazole rings is 1. The van der Waals surface area contributed by atoms with Crippen LogP contribution in [-0.2, 0) is 11.2 Å². The van der Waals surface area contributed by atoms with Crippen molar-refractivity contribution in [3.8, 4) is 11.3 Å². The molecule has 0 saturated carbocycles. The minimum Gasteiger partial charge on any atom is -0.346 e. The van der Waals surface area contributed by atoms with Crippen molar-refractivity contribution in [1.82, 2.24) is 15.3 Å². The monoisotopic (exact) mass is 401 g/mol. The number of carbonyl (C=O) groups is 1.